The third-order valence-corrected chi connectivity index (χ3v) is 6.89. The number of nitrogens with one attached hydrogen (secondary N) is 1. The summed E-state index contributed by atoms with van der Waals surface area (Å²) in [6.45, 7) is 9.20. The van der Waals surface area contributed by atoms with Gasteiger partial charge in [-0.3, -0.25) is 9.80 Å². The summed E-state index contributed by atoms with van der Waals surface area (Å²) in [5.41, 5.74) is -0.353. The topological polar surface area (TPSA) is 55.8 Å². The van der Waals surface area contributed by atoms with Gasteiger partial charge in [-0.05, 0) is 65.3 Å². The van der Waals surface area contributed by atoms with Crippen LogP contribution in [0, 0.1) is 5.92 Å². The molecule has 5 nitrogen and oxygen atoms in total. The standard InChI is InChI=1S/C22H41N3O2/c1-22(2,3)25(21(26)27)19-11-8-6-4-5-7-10-17-14-20(17)23-15-18-12-9-13-24(18)16-19/h17-20,23H,4-16H2,1-3H3,(H,26,27). The van der Waals surface area contributed by atoms with Gasteiger partial charge in [0.05, 0.1) is 0 Å². The van der Waals surface area contributed by atoms with Crippen molar-refractivity contribution in [2.24, 2.45) is 5.92 Å². The first-order valence-corrected chi connectivity index (χ1v) is 11.4. The molecule has 0 radical (unpaired) electrons. The Morgan fingerprint density at radius 1 is 1.04 bits per heavy atom. The van der Waals surface area contributed by atoms with Gasteiger partial charge in [-0.2, -0.15) is 0 Å². The molecule has 0 aromatic heterocycles. The van der Waals surface area contributed by atoms with E-state index in [4.69, 9.17) is 0 Å². The zero-order chi connectivity index (χ0) is 19.4. The Balaban J connectivity index is 1.70. The number of carboxylic acid groups (broad SMARTS) is 1. The molecule has 0 bridgehead atoms. The maximum atomic E-state index is 12.1. The molecule has 4 atom stereocenters. The van der Waals surface area contributed by atoms with Gasteiger partial charge in [0.2, 0.25) is 0 Å². The summed E-state index contributed by atoms with van der Waals surface area (Å²) >= 11 is 0. The molecule has 1 saturated carbocycles. The molecule has 2 N–H and O–H groups in total. The Bertz CT molecular complexity index is 490. The van der Waals surface area contributed by atoms with E-state index in [1.807, 2.05) is 20.8 Å². The number of amides is 1. The molecule has 3 fully saturated rings. The van der Waals surface area contributed by atoms with Gasteiger partial charge in [-0.1, -0.05) is 32.1 Å². The number of hydrogen-bond donors (Lipinski definition) is 2. The molecule has 2 heterocycles. The molecule has 0 aromatic carbocycles. The predicted molar refractivity (Wildman–Crippen MR) is 110 cm³/mol. The first kappa shape index (κ1) is 20.9. The van der Waals surface area contributed by atoms with Crippen molar-refractivity contribution in [2.75, 3.05) is 19.6 Å². The van der Waals surface area contributed by atoms with Crippen LogP contribution in [0.25, 0.3) is 0 Å². The van der Waals surface area contributed by atoms with Crippen molar-refractivity contribution < 1.29 is 9.90 Å². The maximum Gasteiger partial charge on any atom is 0.408 e. The SMILES string of the molecule is CC(C)(C)N(C(=O)O)C1CCCCCCCC2CC2NCC2CCCN2C1. The minimum absolute atomic E-state index is 0.0990. The summed E-state index contributed by atoms with van der Waals surface area (Å²) in [6.07, 6.45) is 11.9. The van der Waals surface area contributed by atoms with Crippen LogP contribution in [0.5, 0.6) is 0 Å². The van der Waals surface area contributed by atoms with E-state index in [-0.39, 0.29) is 11.6 Å². The predicted octanol–water partition coefficient (Wildman–Crippen LogP) is 4.32. The van der Waals surface area contributed by atoms with E-state index < -0.39 is 6.09 Å². The second-order valence-corrected chi connectivity index (χ2v) is 10.1. The zero-order valence-electron chi connectivity index (χ0n) is 17.8. The van der Waals surface area contributed by atoms with Gasteiger partial charge in [0.25, 0.3) is 0 Å². The molecule has 2 aliphatic heterocycles. The lowest BCUT2D eigenvalue weighted by atomic mass is 9.98. The highest BCUT2D eigenvalue weighted by Crippen LogP contribution is 2.36. The highest BCUT2D eigenvalue weighted by Gasteiger charge is 2.39. The van der Waals surface area contributed by atoms with Crippen LogP contribution in [0.15, 0.2) is 0 Å². The van der Waals surface area contributed by atoms with Crippen LogP contribution in [0.2, 0.25) is 0 Å². The van der Waals surface area contributed by atoms with Crippen LogP contribution in [-0.2, 0) is 0 Å². The Morgan fingerprint density at radius 2 is 1.74 bits per heavy atom. The second kappa shape index (κ2) is 9.13. The number of hydrogen-bond acceptors (Lipinski definition) is 3. The molecule has 5 heteroatoms. The summed E-state index contributed by atoms with van der Waals surface area (Å²) in [5.74, 6) is 0.918. The lowest BCUT2D eigenvalue weighted by Gasteiger charge is -2.42. The van der Waals surface area contributed by atoms with Crippen molar-refractivity contribution in [1.29, 1.82) is 0 Å². The Morgan fingerprint density at radius 3 is 2.44 bits per heavy atom. The van der Waals surface area contributed by atoms with Gasteiger partial charge >= 0.3 is 6.09 Å². The average molecular weight is 380 g/mol. The van der Waals surface area contributed by atoms with E-state index in [0.717, 1.165) is 44.4 Å². The quantitative estimate of drug-likeness (QED) is 0.712. The van der Waals surface area contributed by atoms with Crippen LogP contribution < -0.4 is 5.32 Å². The highest BCUT2D eigenvalue weighted by atomic mass is 16.4. The average Bonchev–Trinajstić information content (AvgIpc) is 3.17. The van der Waals surface area contributed by atoms with E-state index in [2.05, 4.69) is 10.2 Å². The van der Waals surface area contributed by atoms with Crippen LogP contribution in [0.1, 0.15) is 85.0 Å². The first-order chi connectivity index (χ1) is 12.9. The summed E-state index contributed by atoms with van der Waals surface area (Å²) < 4.78 is 0. The molecule has 27 heavy (non-hydrogen) atoms. The largest absolute Gasteiger partial charge is 0.465 e. The molecule has 0 aromatic rings. The molecule has 0 spiro atoms. The van der Waals surface area contributed by atoms with Crippen molar-refractivity contribution in [1.82, 2.24) is 15.1 Å². The van der Waals surface area contributed by atoms with E-state index in [0.29, 0.717) is 6.04 Å². The monoisotopic (exact) mass is 379 g/mol. The van der Waals surface area contributed by atoms with Gasteiger partial charge in [0.1, 0.15) is 0 Å². The third kappa shape index (κ3) is 5.83. The van der Waals surface area contributed by atoms with Crippen LogP contribution in [-0.4, -0.2) is 64.3 Å². The van der Waals surface area contributed by atoms with E-state index in [1.165, 1.54) is 51.4 Å². The van der Waals surface area contributed by atoms with Crippen molar-refractivity contribution >= 4 is 6.09 Å². The zero-order valence-corrected chi connectivity index (χ0v) is 17.8. The van der Waals surface area contributed by atoms with Crippen LogP contribution >= 0.6 is 0 Å². The molecule has 3 aliphatic rings. The van der Waals surface area contributed by atoms with E-state index in [1.54, 1.807) is 4.90 Å². The number of carbonyl (C=O) groups is 1. The van der Waals surface area contributed by atoms with Gasteiger partial charge in [0.15, 0.2) is 0 Å². The fourth-order valence-electron chi connectivity index (χ4n) is 5.35. The lowest BCUT2D eigenvalue weighted by Crippen LogP contribution is -2.56. The van der Waals surface area contributed by atoms with Gasteiger partial charge < -0.3 is 10.4 Å². The molecule has 156 valence electrons. The maximum absolute atomic E-state index is 12.1. The van der Waals surface area contributed by atoms with Crippen molar-refractivity contribution in [3.05, 3.63) is 0 Å². The Hall–Kier alpha value is -0.810. The van der Waals surface area contributed by atoms with Gasteiger partial charge in [-0.15, -0.1) is 0 Å². The first-order valence-electron chi connectivity index (χ1n) is 11.4. The van der Waals surface area contributed by atoms with Gasteiger partial charge in [-0.25, -0.2) is 4.79 Å². The fourth-order valence-corrected chi connectivity index (χ4v) is 5.35. The molecule has 2 saturated heterocycles. The number of fused-ring (bicyclic) bond motifs is 2. The lowest BCUT2D eigenvalue weighted by molar-refractivity contribution is 0.0481. The summed E-state index contributed by atoms with van der Waals surface area (Å²) in [4.78, 5) is 16.4. The van der Waals surface area contributed by atoms with Crippen LogP contribution in [0.4, 0.5) is 4.79 Å². The minimum atomic E-state index is -0.764. The minimum Gasteiger partial charge on any atom is -0.465 e. The van der Waals surface area contributed by atoms with Crippen molar-refractivity contribution in [3.8, 4) is 0 Å². The van der Waals surface area contributed by atoms with Gasteiger partial charge in [0, 0.05) is 36.8 Å². The summed E-state index contributed by atoms with van der Waals surface area (Å²) in [6, 6.07) is 1.43. The van der Waals surface area contributed by atoms with Crippen molar-refractivity contribution in [2.45, 2.75) is 109 Å². The molecule has 3 rings (SSSR count). The van der Waals surface area contributed by atoms with Crippen molar-refractivity contribution in [3.63, 3.8) is 0 Å². The normalized spacial score (nSPS) is 34.0. The van der Waals surface area contributed by atoms with E-state index >= 15 is 0 Å². The number of rotatable bonds is 1. The van der Waals surface area contributed by atoms with Crippen LogP contribution in [0.3, 0.4) is 0 Å². The Kier molecular flexibility index (Phi) is 7.07. The summed E-state index contributed by atoms with van der Waals surface area (Å²) in [5, 5.41) is 13.8. The third-order valence-electron chi connectivity index (χ3n) is 6.89. The molecule has 4 unspecified atom stereocenters. The number of nitrogens with zero attached hydrogens (tertiary/aromatic N) is 2. The Labute approximate surface area is 165 Å². The molecular formula is C22H41N3O2. The fraction of sp³-hybridized carbons (Fsp3) is 0.955. The van der Waals surface area contributed by atoms with E-state index in [9.17, 15) is 9.90 Å². The highest BCUT2D eigenvalue weighted by molar-refractivity contribution is 5.66. The smallest absolute Gasteiger partial charge is 0.408 e. The summed E-state index contributed by atoms with van der Waals surface area (Å²) in [7, 11) is 0. The molecular weight excluding hydrogens is 338 g/mol. The molecule has 1 amide bonds. The molecule has 1 aliphatic carbocycles. The second-order valence-electron chi connectivity index (χ2n) is 10.1.